The van der Waals surface area contributed by atoms with Crippen LogP contribution in [0.2, 0.25) is 0 Å². The van der Waals surface area contributed by atoms with Gasteiger partial charge in [-0.25, -0.2) is 9.59 Å². The number of fused-ring (bicyclic) bond motifs is 3. The van der Waals surface area contributed by atoms with E-state index in [1.54, 1.807) is 6.08 Å². The van der Waals surface area contributed by atoms with Crippen LogP contribution in [0.25, 0.3) is 11.1 Å². The van der Waals surface area contributed by atoms with Crippen molar-refractivity contribution < 1.29 is 19.4 Å². The summed E-state index contributed by atoms with van der Waals surface area (Å²) in [6, 6.07) is 15.1. The third-order valence-electron chi connectivity index (χ3n) is 4.45. The molecule has 1 amide bonds. The van der Waals surface area contributed by atoms with E-state index in [1.807, 2.05) is 36.4 Å². The number of hydrogen-bond donors (Lipinski definition) is 2. The number of rotatable bonds is 8. The highest BCUT2D eigenvalue weighted by Crippen LogP contribution is 2.44. The fourth-order valence-electron chi connectivity index (χ4n) is 3.23. The van der Waals surface area contributed by atoms with E-state index < -0.39 is 18.1 Å². The van der Waals surface area contributed by atoms with Crippen molar-refractivity contribution in [2.45, 2.75) is 12.0 Å². The molecule has 3 rings (SSSR count). The number of carbonyl (C=O) groups is 2. The van der Waals surface area contributed by atoms with Crippen LogP contribution in [0.4, 0.5) is 4.79 Å². The molecule has 140 valence electrons. The zero-order chi connectivity index (χ0) is 19.2. The molecule has 1 atom stereocenters. The van der Waals surface area contributed by atoms with Crippen LogP contribution in [0, 0.1) is 0 Å². The maximum absolute atomic E-state index is 12.1. The molecule has 1 aliphatic rings. The van der Waals surface area contributed by atoms with Gasteiger partial charge in [-0.1, -0.05) is 54.6 Å². The highest BCUT2D eigenvalue weighted by molar-refractivity contribution is 7.99. The van der Waals surface area contributed by atoms with Crippen LogP contribution in [0.5, 0.6) is 0 Å². The Morgan fingerprint density at radius 1 is 1.15 bits per heavy atom. The molecule has 0 saturated heterocycles. The molecule has 0 heterocycles. The minimum Gasteiger partial charge on any atom is -0.480 e. The van der Waals surface area contributed by atoms with E-state index in [4.69, 9.17) is 4.74 Å². The zero-order valence-electron chi connectivity index (χ0n) is 14.8. The number of ether oxygens (including phenoxy) is 1. The SMILES string of the molecule is C=CCSC[C@H](NC(=O)OCC1c2ccccc2-c2ccccc21)C(=O)O. The van der Waals surface area contributed by atoms with E-state index in [-0.39, 0.29) is 18.3 Å². The van der Waals surface area contributed by atoms with Crippen molar-refractivity contribution in [2.24, 2.45) is 0 Å². The van der Waals surface area contributed by atoms with Crippen LogP contribution >= 0.6 is 11.8 Å². The second kappa shape index (κ2) is 8.77. The van der Waals surface area contributed by atoms with E-state index in [0.29, 0.717) is 5.75 Å². The Labute approximate surface area is 162 Å². The van der Waals surface area contributed by atoms with Crippen molar-refractivity contribution in [2.75, 3.05) is 18.1 Å². The highest BCUT2D eigenvalue weighted by Gasteiger charge is 2.29. The highest BCUT2D eigenvalue weighted by atomic mass is 32.2. The Morgan fingerprint density at radius 3 is 2.30 bits per heavy atom. The predicted octanol–water partition coefficient (Wildman–Crippen LogP) is 3.90. The fourth-order valence-corrected chi connectivity index (χ4v) is 3.99. The Kier molecular flexibility index (Phi) is 6.19. The summed E-state index contributed by atoms with van der Waals surface area (Å²) in [5, 5.41) is 11.7. The van der Waals surface area contributed by atoms with Crippen LogP contribution < -0.4 is 5.32 Å². The number of carbonyl (C=O) groups excluding carboxylic acids is 1. The molecule has 27 heavy (non-hydrogen) atoms. The third kappa shape index (κ3) is 4.34. The molecular weight excluding hydrogens is 362 g/mol. The van der Waals surface area contributed by atoms with Gasteiger partial charge < -0.3 is 15.2 Å². The second-order valence-corrected chi connectivity index (χ2v) is 7.26. The van der Waals surface area contributed by atoms with Gasteiger partial charge in [0.15, 0.2) is 0 Å². The van der Waals surface area contributed by atoms with Crippen LogP contribution in [-0.4, -0.2) is 41.3 Å². The van der Waals surface area contributed by atoms with Gasteiger partial charge >= 0.3 is 12.1 Å². The van der Waals surface area contributed by atoms with E-state index in [2.05, 4.69) is 24.0 Å². The molecule has 0 aliphatic heterocycles. The maximum Gasteiger partial charge on any atom is 0.407 e. The number of benzene rings is 2. The van der Waals surface area contributed by atoms with Crippen molar-refractivity contribution >= 4 is 23.8 Å². The number of hydrogen-bond acceptors (Lipinski definition) is 4. The summed E-state index contributed by atoms with van der Waals surface area (Å²) in [4.78, 5) is 23.5. The summed E-state index contributed by atoms with van der Waals surface area (Å²) in [7, 11) is 0. The molecule has 0 bridgehead atoms. The van der Waals surface area contributed by atoms with E-state index >= 15 is 0 Å². The number of amides is 1. The Morgan fingerprint density at radius 2 is 1.74 bits per heavy atom. The monoisotopic (exact) mass is 383 g/mol. The average molecular weight is 383 g/mol. The summed E-state index contributed by atoms with van der Waals surface area (Å²) in [5.74, 6) is -0.261. The number of carboxylic acids is 1. The predicted molar refractivity (Wildman–Crippen MR) is 107 cm³/mol. The minimum atomic E-state index is -1.08. The maximum atomic E-state index is 12.1. The van der Waals surface area contributed by atoms with Crippen molar-refractivity contribution in [1.82, 2.24) is 5.32 Å². The topological polar surface area (TPSA) is 75.6 Å². The number of aliphatic carboxylic acids is 1. The molecule has 0 spiro atoms. The molecule has 5 nitrogen and oxygen atoms in total. The Hall–Kier alpha value is -2.73. The minimum absolute atomic E-state index is 0.0541. The van der Waals surface area contributed by atoms with Gasteiger partial charge in [0.1, 0.15) is 12.6 Å². The van der Waals surface area contributed by atoms with Gasteiger partial charge in [0.05, 0.1) is 0 Å². The van der Waals surface area contributed by atoms with Crippen molar-refractivity contribution in [1.29, 1.82) is 0 Å². The summed E-state index contributed by atoms with van der Waals surface area (Å²) in [5.41, 5.74) is 4.52. The molecule has 0 fully saturated rings. The lowest BCUT2D eigenvalue weighted by Gasteiger charge is -2.17. The molecule has 6 heteroatoms. The van der Waals surface area contributed by atoms with E-state index in [0.717, 1.165) is 22.3 Å². The van der Waals surface area contributed by atoms with Crippen LogP contribution in [0.3, 0.4) is 0 Å². The van der Waals surface area contributed by atoms with Gasteiger partial charge in [-0.2, -0.15) is 11.8 Å². The second-order valence-electron chi connectivity index (χ2n) is 6.19. The largest absolute Gasteiger partial charge is 0.480 e. The molecule has 2 N–H and O–H groups in total. The number of carboxylic acid groups (broad SMARTS) is 1. The van der Waals surface area contributed by atoms with Gasteiger partial charge in [-0.15, -0.1) is 6.58 Å². The van der Waals surface area contributed by atoms with Crippen LogP contribution in [0.15, 0.2) is 61.2 Å². The van der Waals surface area contributed by atoms with Gasteiger partial charge in [-0.3, -0.25) is 0 Å². The van der Waals surface area contributed by atoms with Gasteiger partial charge in [0, 0.05) is 17.4 Å². The van der Waals surface area contributed by atoms with Crippen molar-refractivity contribution in [3.05, 3.63) is 72.3 Å². The molecule has 2 aromatic rings. The van der Waals surface area contributed by atoms with E-state index in [1.165, 1.54) is 11.8 Å². The van der Waals surface area contributed by atoms with Gasteiger partial charge in [-0.05, 0) is 22.3 Å². The lowest BCUT2D eigenvalue weighted by atomic mass is 9.98. The number of nitrogens with one attached hydrogen (secondary N) is 1. The molecule has 0 saturated carbocycles. The summed E-state index contributed by atoms with van der Waals surface area (Å²) in [6.45, 7) is 3.75. The molecule has 0 aromatic heterocycles. The standard InChI is InChI=1S/C21H21NO4S/c1-2-11-27-13-19(20(23)24)22-21(25)26-12-18-16-9-5-3-7-14(16)15-8-4-6-10-17(15)18/h2-10,18-19H,1,11-13H2,(H,22,25)(H,23,24)/t19-/m0/s1. The molecule has 2 aromatic carbocycles. The molecule has 1 aliphatic carbocycles. The van der Waals surface area contributed by atoms with Crippen LogP contribution in [-0.2, 0) is 9.53 Å². The van der Waals surface area contributed by atoms with E-state index in [9.17, 15) is 14.7 Å². The Balaban J connectivity index is 1.65. The quantitative estimate of drug-likeness (QED) is 0.534. The third-order valence-corrected chi connectivity index (χ3v) is 5.49. The average Bonchev–Trinajstić information content (AvgIpc) is 2.99. The summed E-state index contributed by atoms with van der Waals surface area (Å²) in [6.07, 6.45) is 0.972. The van der Waals surface area contributed by atoms with Crippen molar-refractivity contribution in [3.63, 3.8) is 0 Å². The van der Waals surface area contributed by atoms with Gasteiger partial charge in [0.2, 0.25) is 0 Å². The summed E-state index contributed by atoms with van der Waals surface area (Å²) >= 11 is 1.39. The fraction of sp³-hybridized carbons (Fsp3) is 0.238. The summed E-state index contributed by atoms with van der Waals surface area (Å²) < 4.78 is 5.38. The van der Waals surface area contributed by atoms with Crippen molar-refractivity contribution in [3.8, 4) is 11.1 Å². The molecule has 0 radical (unpaired) electrons. The first-order valence-corrected chi connectivity index (χ1v) is 9.80. The normalized spacial score (nSPS) is 13.3. The number of thioether (sulfide) groups is 1. The zero-order valence-corrected chi connectivity index (χ0v) is 15.6. The molecule has 0 unspecified atom stereocenters. The first kappa shape index (κ1) is 19.0. The lowest BCUT2D eigenvalue weighted by molar-refractivity contribution is -0.138. The van der Waals surface area contributed by atoms with Crippen LogP contribution in [0.1, 0.15) is 17.0 Å². The first-order valence-electron chi connectivity index (χ1n) is 8.64. The lowest BCUT2D eigenvalue weighted by Crippen LogP contribution is -2.43. The van der Waals surface area contributed by atoms with Gasteiger partial charge in [0.25, 0.3) is 0 Å². The first-order chi connectivity index (χ1) is 13.1. The number of alkyl carbamates (subject to hydrolysis) is 1. The Bertz CT molecular complexity index is 806. The smallest absolute Gasteiger partial charge is 0.407 e. The molecular formula is C21H21NO4S.